The van der Waals surface area contributed by atoms with Crippen molar-refractivity contribution in [3.63, 3.8) is 0 Å². The first kappa shape index (κ1) is 16.6. The molecule has 2 rings (SSSR count). The van der Waals surface area contributed by atoms with Gasteiger partial charge in [-0.1, -0.05) is 0 Å². The standard InChI is InChI=1S/C13H17N3O3.ClH/c17-13(5-8-15-9-6-14-7-10-15)11-1-3-12(4-2-11)16(18)19;/h1-4,14H,5-10H2;1H. The predicted molar refractivity (Wildman–Crippen MR) is 78.6 cm³/mol. The Labute approximate surface area is 123 Å². The van der Waals surface area contributed by atoms with Crippen LogP contribution in [-0.2, 0) is 0 Å². The van der Waals surface area contributed by atoms with Crippen molar-refractivity contribution in [2.75, 3.05) is 32.7 Å². The number of carbonyl (C=O) groups excluding carboxylic acids is 1. The number of benzene rings is 1. The topological polar surface area (TPSA) is 75.5 Å². The summed E-state index contributed by atoms with van der Waals surface area (Å²) < 4.78 is 0. The van der Waals surface area contributed by atoms with Gasteiger partial charge >= 0.3 is 0 Å². The third kappa shape index (κ3) is 4.56. The number of nitrogens with one attached hydrogen (secondary N) is 1. The number of hydrogen-bond donors (Lipinski definition) is 1. The van der Waals surface area contributed by atoms with E-state index < -0.39 is 4.92 Å². The van der Waals surface area contributed by atoms with Crippen LogP contribution in [0.25, 0.3) is 0 Å². The fraction of sp³-hybridized carbons (Fsp3) is 0.462. The maximum atomic E-state index is 12.0. The van der Waals surface area contributed by atoms with Gasteiger partial charge in [-0.25, -0.2) is 0 Å². The van der Waals surface area contributed by atoms with Gasteiger partial charge in [0.05, 0.1) is 4.92 Å². The number of rotatable bonds is 5. The lowest BCUT2D eigenvalue weighted by atomic mass is 10.1. The summed E-state index contributed by atoms with van der Waals surface area (Å²) in [6, 6.07) is 5.80. The molecular formula is C13H18ClN3O3. The largest absolute Gasteiger partial charge is 0.314 e. The first-order chi connectivity index (χ1) is 9.16. The van der Waals surface area contributed by atoms with Gasteiger partial charge in [0.1, 0.15) is 0 Å². The highest BCUT2D eigenvalue weighted by Crippen LogP contribution is 2.13. The van der Waals surface area contributed by atoms with Crippen molar-refractivity contribution in [1.82, 2.24) is 10.2 Å². The van der Waals surface area contributed by atoms with Crippen LogP contribution in [-0.4, -0.2) is 48.3 Å². The number of nitro groups is 1. The van der Waals surface area contributed by atoms with Gasteiger partial charge in [0, 0.05) is 56.8 Å². The molecule has 1 aromatic carbocycles. The van der Waals surface area contributed by atoms with Gasteiger partial charge in [-0.15, -0.1) is 12.4 Å². The van der Waals surface area contributed by atoms with Gasteiger partial charge in [-0.05, 0) is 12.1 Å². The van der Waals surface area contributed by atoms with Gasteiger partial charge in [0.2, 0.25) is 0 Å². The Morgan fingerprint density at radius 1 is 1.25 bits per heavy atom. The summed E-state index contributed by atoms with van der Waals surface area (Å²) >= 11 is 0. The van der Waals surface area contributed by atoms with Crippen molar-refractivity contribution in [3.05, 3.63) is 39.9 Å². The Balaban J connectivity index is 0.00000200. The number of ketones is 1. The van der Waals surface area contributed by atoms with Crippen LogP contribution >= 0.6 is 12.4 Å². The van der Waals surface area contributed by atoms with E-state index in [-0.39, 0.29) is 23.9 Å². The summed E-state index contributed by atoms with van der Waals surface area (Å²) in [7, 11) is 0. The molecule has 1 saturated heterocycles. The summed E-state index contributed by atoms with van der Waals surface area (Å²) in [5.74, 6) is 0.0356. The SMILES string of the molecule is Cl.O=C(CCN1CCNCC1)c1ccc([N+](=O)[O-])cc1. The van der Waals surface area contributed by atoms with E-state index in [0.717, 1.165) is 32.7 Å². The molecule has 1 aliphatic heterocycles. The lowest BCUT2D eigenvalue weighted by Crippen LogP contribution is -2.44. The molecule has 0 bridgehead atoms. The molecule has 1 aromatic rings. The molecule has 0 amide bonds. The zero-order chi connectivity index (χ0) is 13.7. The average Bonchev–Trinajstić information content (AvgIpc) is 2.46. The maximum Gasteiger partial charge on any atom is 0.269 e. The number of halogens is 1. The molecule has 110 valence electrons. The first-order valence-electron chi connectivity index (χ1n) is 6.37. The van der Waals surface area contributed by atoms with Crippen LogP contribution < -0.4 is 5.32 Å². The Hall–Kier alpha value is -1.50. The summed E-state index contributed by atoms with van der Waals surface area (Å²) in [5, 5.41) is 13.8. The van der Waals surface area contributed by atoms with Gasteiger partial charge < -0.3 is 10.2 Å². The zero-order valence-corrected chi connectivity index (χ0v) is 11.9. The summed E-state index contributed by atoms with van der Waals surface area (Å²) in [6.45, 7) is 4.61. The Morgan fingerprint density at radius 3 is 2.40 bits per heavy atom. The van der Waals surface area contributed by atoms with Crippen LogP contribution in [0.5, 0.6) is 0 Å². The number of non-ortho nitro benzene ring substituents is 1. The first-order valence-corrected chi connectivity index (χ1v) is 6.37. The van der Waals surface area contributed by atoms with Gasteiger partial charge in [0.15, 0.2) is 5.78 Å². The lowest BCUT2D eigenvalue weighted by molar-refractivity contribution is -0.384. The zero-order valence-electron chi connectivity index (χ0n) is 11.1. The molecule has 7 heteroatoms. The van der Waals surface area contributed by atoms with Crippen molar-refractivity contribution in [2.45, 2.75) is 6.42 Å². The normalized spacial score (nSPS) is 15.4. The number of Topliss-reactive ketones (excluding diaryl/α,β-unsaturated/α-hetero) is 1. The highest BCUT2D eigenvalue weighted by atomic mass is 35.5. The van der Waals surface area contributed by atoms with Crippen molar-refractivity contribution in [2.24, 2.45) is 0 Å². The Kier molecular flexibility index (Phi) is 6.57. The van der Waals surface area contributed by atoms with Crippen LogP contribution in [0.2, 0.25) is 0 Å². The molecule has 0 aliphatic carbocycles. The Bertz CT molecular complexity index is 458. The van der Waals surface area contributed by atoms with Gasteiger partial charge in [-0.3, -0.25) is 14.9 Å². The predicted octanol–water partition coefficient (Wildman–Crippen LogP) is 1.49. The van der Waals surface area contributed by atoms with E-state index in [1.165, 1.54) is 24.3 Å². The number of piperazine rings is 1. The molecule has 20 heavy (non-hydrogen) atoms. The molecule has 1 fully saturated rings. The highest BCUT2D eigenvalue weighted by molar-refractivity contribution is 5.96. The van der Waals surface area contributed by atoms with E-state index in [0.29, 0.717) is 12.0 Å². The second-order valence-electron chi connectivity index (χ2n) is 4.57. The summed E-state index contributed by atoms with van der Waals surface area (Å²) in [5.41, 5.74) is 0.555. The molecule has 0 spiro atoms. The monoisotopic (exact) mass is 299 g/mol. The van der Waals surface area contributed by atoms with E-state index in [1.54, 1.807) is 0 Å². The molecule has 0 radical (unpaired) electrons. The summed E-state index contributed by atoms with van der Waals surface area (Å²) in [4.78, 5) is 24.3. The average molecular weight is 300 g/mol. The Morgan fingerprint density at radius 2 is 1.85 bits per heavy atom. The second kappa shape index (κ2) is 7.94. The molecule has 0 saturated carbocycles. The molecular weight excluding hydrogens is 282 g/mol. The van der Waals surface area contributed by atoms with Crippen molar-refractivity contribution >= 4 is 23.9 Å². The quantitative estimate of drug-likeness (QED) is 0.506. The lowest BCUT2D eigenvalue weighted by Gasteiger charge is -2.26. The van der Waals surface area contributed by atoms with Crippen LogP contribution in [0.4, 0.5) is 5.69 Å². The minimum atomic E-state index is -0.463. The van der Waals surface area contributed by atoms with E-state index in [2.05, 4.69) is 10.2 Å². The molecule has 1 N–H and O–H groups in total. The molecule has 0 unspecified atom stereocenters. The highest BCUT2D eigenvalue weighted by Gasteiger charge is 2.13. The molecule has 1 heterocycles. The van der Waals surface area contributed by atoms with Gasteiger partial charge in [-0.2, -0.15) is 0 Å². The van der Waals surface area contributed by atoms with Crippen molar-refractivity contribution in [1.29, 1.82) is 0 Å². The minimum Gasteiger partial charge on any atom is -0.314 e. The van der Waals surface area contributed by atoms with E-state index in [9.17, 15) is 14.9 Å². The fourth-order valence-electron chi connectivity index (χ4n) is 2.11. The maximum absolute atomic E-state index is 12.0. The molecule has 1 aliphatic rings. The summed E-state index contributed by atoms with van der Waals surface area (Å²) in [6.07, 6.45) is 0.456. The number of nitro benzene ring substituents is 1. The molecule has 0 aromatic heterocycles. The molecule has 6 nitrogen and oxygen atoms in total. The van der Waals surface area contributed by atoms with E-state index in [1.807, 2.05) is 0 Å². The third-order valence-electron chi connectivity index (χ3n) is 3.26. The third-order valence-corrected chi connectivity index (χ3v) is 3.26. The molecule has 0 atom stereocenters. The number of carbonyl (C=O) groups is 1. The van der Waals surface area contributed by atoms with Crippen LogP contribution in [0.3, 0.4) is 0 Å². The fourth-order valence-corrected chi connectivity index (χ4v) is 2.11. The minimum absolute atomic E-state index is 0. The second-order valence-corrected chi connectivity index (χ2v) is 4.57. The van der Waals surface area contributed by atoms with Gasteiger partial charge in [0.25, 0.3) is 5.69 Å². The van der Waals surface area contributed by atoms with Crippen LogP contribution in [0.1, 0.15) is 16.8 Å². The smallest absolute Gasteiger partial charge is 0.269 e. The van der Waals surface area contributed by atoms with Crippen molar-refractivity contribution < 1.29 is 9.72 Å². The van der Waals surface area contributed by atoms with Crippen molar-refractivity contribution in [3.8, 4) is 0 Å². The van der Waals surface area contributed by atoms with Crippen LogP contribution in [0, 0.1) is 10.1 Å². The van der Waals surface area contributed by atoms with E-state index in [4.69, 9.17) is 0 Å². The van der Waals surface area contributed by atoms with Crippen LogP contribution in [0.15, 0.2) is 24.3 Å². The van der Waals surface area contributed by atoms with E-state index >= 15 is 0 Å². The number of hydrogen-bond acceptors (Lipinski definition) is 5. The number of nitrogens with zero attached hydrogens (tertiary/aromatic N) is 2.